The highest BCUT2D eigenvalue weighted by atomic mass is 32.1. The molecule has 8 heteroatoms. The number of aromatic amines is 1. The Bertz CT molecular complexity index is 1610. The number of nitrogens with two attached hydrogens (primary N) is 1. The number of pyridine rings is 3. The van der Waals surface area contributed by atoms with E-state index in [0.29, 0.717) is 28.8 Å². The van der Waals surface area contributed by atoms with Gasteiger partial charge >= 0.3 is 0 Å². The van der Waals surface area contributed by atoms with Crippen LogP contribution in [0.4, 0.5) is 5.82 Å². The van der Waals surface area contributed by atoms with Crippen LogP contribution >= 0.6 is 11.3 Å². The molecule has 5 rings (SSSR count). The van der Waals surface area contributed by atoms with E-state index in [2.05, 4.69) is 27.1 Å². The van der Waals surface area contributed by atoms with Gasteiger partial charge in [0.05, 0.1) is 28.7 Å². The molecule has 0 aliphatic heterocycles. The summed E-state index contributed by atoms with van der Waals surface area (Å²) in [6, 6.07) is 15.7. The van der Waals surface area contributed by atoms with Gasteiger partial charge in [-0.2, -0.15) is 0 Å². The van der Waals surface area contributed by atoms with Crippen LogP contribution in [0.2, 0.25) is 0 Å². The Labute approximate surface area is 192 Å². The average Bonchev–Trinajstić information content (AvgIpc) is 3.37. The van der Waals surface area contributed by atoms with Crippen molar-refractivity contribution < 1.29 is 4.79 Å². The van der Waals surface area contributed by atoms with Crippen molar-refractivity contribution in [1.82, 2.24) is 15.0 Å². The lowest BCUT2D eigenvalue weighted by atomic mass is 10.0. The van der Waals surface area contributed by atoms with Crippen LogP contribution in [0.3, 0.4) is 0 Å². The van der Waals surface area contributed by atoms with Crippen molar-refractivity contribution in [2.75, 3.05) is 5.32 Å². The molecule has 0 saturated heterocycles. The number of aromatic nitrogens is 3. The lowest BCUT2D eigenvalue weighted by Gasteiger charge is -2.13. The Hall–Kier alpha value is -4.48. The fraction of sp³-hybridized carbons (Fsp3) is 0.0400. The van der Waals surface area contributed by atoms with Gasteiger partial charge in [-0.25, -0.2) is 4.98 Å². The summed E-state index contributed by atoms with van der Waals surface area (Å²) in [6.45, 7) is 0.451. The summed E-state index contributed by atoms with van der Waals surface area (Å²) in [6.07, 6.45) is 3.18. The molecule has 0 aliphatic rings. The summed E-state index contributed by atoms with van der Waals surface area (Å²) >= 11 is 1.62. The van der Waals surface area contributed by atoms with E-state index in [-0.39, 0.29) is 5.56 Å². The van der Waals surface area contributed by atoms with Crippen LogP contribution in [0.1, 0.15) is 11.3 Å². The van der Waals surface area contributed by atoms with Gasteiger partial charge in [0.2, 0.25) is 0 Å². The standard InChI is InChI=1S/C25H17N5O2S/c26-21(31)9-7-16-13-29-25(32)22-19-12-15(20-5-3-11-33-20)6-8-18(19)24(30-23(16)22)28-14-17-4-1-2-10-27-17/h1-6,8,10-13H,14H2,(H2,26,31)(H,28,30)(H,29,32). The Morgan fingerprint density at radius 1 is 1.15 bits per heavy atom. The number of hydrogen-bond acceptors (Lipinski definition) is 6. The van der Waals surface area contributed by atoms with Gasteiger partial charge in [-0.05, 0) is 41.3 Å². The molecule has 1 aromatic carbocycles. The molecule has 0 radical (unpaired) electrons. The first kappa shape index (κ1) is 20.4. The number of nitrogens with one attached hydrogen (secondary N) is 2. The van der Waals surface area contributed by atoms with Crippen LogP contribution in [-0.4, -0.2) is 20.9 Å². The Morgan fingerprint density at radius 2 is 2.06 bits per heavy atom. The molecular weight excluding hydrogens is 434 g/mol. The van der Waals surface area contributed by atoms with Gasteiger partial charge in [0.1, 0.15) is 5.82 Å². The minimum absolute atomic E-state index is 0.285. The summed E-state index contributed by atoms with van der Waals surface area (Å²) in [7, 11) is 0. The minimum Gasteiger partial charge on any atom is -0.364 e. The average molecular weight is 452 g/mol. The molecule has 0 aliphatic carbocycles. The largest absolute Gasteiger partial charge is 0.364 e. The number of primary amides is 1. The summed E-state index contributed by atoms with van der Waals surface area (Å²) in [5.74, 6) is 4.89. The fourth-order valence-electron chi connectivity index (χ4n) is 3.65. The van der Waals surface area contributed by atoms with E-state index in [1.165, 1.54) is 6.20 Å². The first-order chi connectivity index (χ1) is 16.1. The van der Waals surface area contributed by atoms with Crippen molar-refractivity contribution in [3.63, 3.8) is 0 Å². The van der Waals surface area contributed by atoms with Crippen molar-refractivity contribution in [3.05, 3.63) is 87.9 Å². The number of carbonyl (C=O) groups excluding carboxylic acids is 1. The van der Waals surface area contributed by atoms with Gasteiger partial charge < -0.3 is 16.0 Å². The molecule has 5 aromatic rings. The minimum atomic E-state index is -0.761. The zero-order chi connectivity index (χ0) is 22.8. The summed E-state index contributed by atoms with van der Waals surface area (Å²) in [5, 5.41) is 7.28. The predicted molar refractivity (Wildman–Crippen MR) is 131 cm³/mol. The first-order valence-corrected chi connectivity index (χ1v) is 11.0. The van der Waals surface area contributed by atoms with E-state index in [1.54, 1.807) is 17.5 Å². The molecule has 0 fully saturated rings. The van der Waals surface area contributed by atoms with E-state index in [0.717, 1.165) is 26.9 Å². The molecule has 7 nitrogen and oxygen atoms in total. The van der Waals surface area contributed by atoms with Crippen molar-refractivity contribution in [2.45, 2.75) is 6.54 Å². The smallest absolute Gasteiger partial charge is 0.293 e. The molecule has 1 amide bonds. The highest BCUT2D eigenvalue weighted by molar-refractivity contribution is 7.13. The topological polar surface area (TPSA) is 114 Å². The number of nitrogens with zero attached hydrogens (tertiary/aromatic N) is 2. The molecule has 4 N–H and O–H groups in total. The maximum absolute atomic E-state index is 12.9. The molecular formula is C25H17N5O2S. The third-order valence-corrected chi connectivity index (χ3v) is 6.04. The fourth-order valence-corrected chi connectivity index (χ4v) is 4.37. The number of H-pyrrole nitrogens is 1. The predicted octanol–water partition coefficient (Wildman–Crippen LogP) is 3.65. The molecule has 0 bridgehead atoms. The number of amides is 1. The van der Waals surface area contributed by atoms with E-state index < -0.39 is 5.91 Å². The lowest BCUT2D eigenvalue weighted by Crippen LogP contribution is -2.11. The second-order valence-electron chi connectivity index (χ2n) is 7.24. The van der Waals surface area contributed by atoms with Gasteiger partial charge in [-0.1, -0.05) is 24.1 Å². The van der Waals surface area contributed by atoms with Gasteiger partial charge in [0.15, 0.2) is 0 Å². The Morgan fingerprint density at radius 3 is 2.82 bits per heavy atom. The lowest BCUT2D eigenvalue weighted by molar-refractivity contribution is -0.112. The van der Waals surface area contributed by atoms with Crippen LogP contribution in [0, 0.1) is 11.8 Å². The third kappa shape index (κ3) is 4.05. The molecule has 0 saturated carbocycles. The van der Waals surface area contributed by atoms with E-state index in [1.807, 2.05) is 53.9 Å². The molecule has 0 atom stereocenters. The first-order valence-electron chi connectivity index (χ1n) is 10.1. The number of carbonyl (C=O) groups is 1. The number of hydrogen-bond donors (Lipinski definition) is 3. The Balaban J connectivity index is 1.77. The van der Waals surface area contributed by atoms with Crippen LogP contribution in [-0.2, 0) is 11.3 Å². The molecule has 0 unspecified atom stereocenters. The van der Waals surface area contributed by atoms with Gasteiger partial charge in [-0.15, -0.1) is 11.3 Å². The summed E-state index contributed by atoms with van der Waals surface area (Å²) in [5.41, 5.74) is 7.56. The monoisotopic (exact) mass is 451 g/mol. The summed E-state index contributed by atoms with van der Waals surface area (Å²) in [4.78, 5) is 37.0. The zero-order valence-electron chi connectivity index (χ0n) is 17.3. The van der Waals surface area contributed by atoms with Gasteiger partial charge in [0.25, 0.3) is 11.5 Å². The number of benzene rings is 1. The highest BCUT2D eigenvalue weighted by Crippen LogP contribution is 2.34. The van der Waals surface area contributed by atoms with Crippen LogP contribution in [0.15, 0.2) is 71.1 Å². The number of fused-ring (bicyclic) bond motifs is 3. The van der Waals surface area contributed by atoms with Gasteiger partial charge in [0, 0.05) is 34.0 Å². The zero-order valence-corrected chi connectivity index (χ0v) is 18.1. The van der Waals surface area contributed by atoms with E-state index in [9.17, 15) is 9.59 Å². The second-order valence-corrected chi connectivity index (χ2v) is 8.19. The van der Waals surface area contributed by atoms with Gasteiger partial charge in [-0.3, -0.25) is 14.6 Å². The third-order valence-electron chi connectivity index (χ3n) is 5.12. The maximum Gasteiger partial charge on any atom is 0.293 e. The van der Waals surface area contributed by atoms with Crippen LogP contribution in [0.25, 0.3) is 32.1 Å². The van der Waals surface area contributed by atoms with Crippen molar-refractivity contribution in [1.29, 1.82) is 0 Å². The SMILES string of the molecule is NC(=O)C#Cc1c[nH]c(=O)c2c1nc(NCc1ccccn1)c1ccc(-c3cccs3)cc12. The quantitative estimate of drug-likeness (QED) is 0.285. The van der Waals surface area contributed by atoms with Crippen LogP contribution < -0.4 is 16.6 Å². The van der Waals surface area contributed by atoms with E-state index in [4.69, 9.17) is 10.7 Å². The van der Waals surface area contributed by atoms with Crippen molar-refractivity contribution >= 4 is 44.7 Å². The normalized spacial score (nSPS) is 10.7. The number of rotatable bonds is 4. The molecule has 4 heterocycles. The molecule has 160 valence electrons. The second kappa shape index (κ2) is 8.57. The summed E-state index contributed by atoms with van der Waals surface area (Å²) < 4.78 is 0. The molecule has 0 spiro atoms. The molecule has 4 aromatic heterocycles. The highest BCUT2D eigenvalue weighted by Gasteiger charge is 2.15. The Kier molecular flexibility index (Phi) is 5.30. The van der Waals surface area contributed by atoms with E-state index >= 15 is 0 Å². The maximum atomic E-state index is 12.9. The number of anilines is 1. The molecule has 33 heavy (non-hydrogen) atoms. The van der Waals surface area contributed by atoms with Crippen molar-refractivity contribution in [3.8, 4) is 22.3 Å². The number of thiophene rings is 1. The van der Waals surface area contributed by atoms with Crippen LogP contribution in [0.5, 0.6) is 0 Å². The van der Waals surface area contributed by atoms with Crippen molar-refractivity contribution in [2.24, 2.45) is 5.73 Å².